The monoisotopic (exact) mass is 270 g/mol. The summed E-state index contributed by atoms with van der Waals surface area (Å²) >= 11 is 4.99. The van der Waals surface area contributed by atoms with Crippen molar-refractivity contribution in [2.75, 3.05) is 0 Å². The molecule has 0 atom stereocenters. The third-order valence-electron chi connectivity index (χ3n) is 1.73. The smallest absolute Gasteiger partial charge is 0.294 e. The molecular weight excluding hydrogens is 264 g/mol. The fraction of sp³-hybridized carbons (Fsp3) is 0.111. The van der Waals surface area contributed by atoms with Crippen LogP contribution in [0.1, 0.15) is 4.88 Å². The summed E-state index contributed by atoms with van der Waals surface area (Å²) in [4.78, 5) is 16.1. The maximum atomic E-state index is 11.3. The van der Waals surface area contributed by atoms with E-state index in [2.05, 4.69) is 20.9 Å². The molecule has 0 amide bonds. The molecule has 0 bridgehead atoms. The molecule has 2 rings (SSSR count). The molecule has 0 aromatic carbocycles. The van der Waals surface area contributed by atoms with Gasteiger partial charge in [-0.3, -0.25) is 4.57 Å². The van der Waals surface area contributed by atoms with Gasteiger partial charge in [0.25, 0.3) is 0 Å². The molecule has 0 aliphatic rings. The van der Waals surface area contributed by atoms with Gasteiger partial charge in [0.05, 0.1) is 6.54 Å². The summed E-state index contributed by atoms with van der Waals surface area (Å²) in [5, 5.41) is 2.00. The highest BCUT2D eigenvalue weighted by atomic mass is 79.9. The first-order valence-corrected chi connectivity index (χ1v) is 5.67. The molecule has 0 radical (unpaired) electrons. The first-order chi connectivity index (χ1) is 6.75. The van der Waals surface area contributed by atoms with Crippen LogP contribution in [-0.2, 0) is 6.54 Å². The van der Waals surface area contributed by atoms with Crippen molar-refractivity contribution in [2.45, 2.75) is 6.54 Å². The van der Waals surface area contributed by atoms with Crippen LogP contribution >= 0.6 is 27.3 Å². The highest BCUT2D eigenvalue weighted by Gasteiger charge is 2.00. The molecule has 2 aromatic heterocycles. The highest BCUT2D eigenvalue weighted by Crippen LogP contribution is 2.19. The van der Waals surface area contributed by atoms with E-state index < -0.39 is 0 Å². The Morgan fingerprint density at radius 1 is 1.57 bits per heavy atom. The lowest BCUT2D eigenvalue weighted by Crippen LogP contribution is -2.21. The lowest BCUT2D eigenvalue weighted by atomic mass is 10.4. The quantitative estimate of drug-likeness (QED) is 0.838. The van der Waals surface area contributed by atoms with Crippen molar-refractivity contribution in [1.29, 1.82) is 0 Å². The molecule has 0 aliphatic heterocycles. The number of thiophene rings is 1. The van der Waals surface area contributed by atoms with Crippen molar-refractivity contribution >= 4 is 27.3 Å². The summed E-state index contributed by atoms with van der Waals surface area (Å²) in [5.74, 6) is 0. The summed E-state index contributed by atoms with van der Waals surface area (Å²) in [6.45, 7) is 0.586. The average molecular weight is 271 g/mol. The van der Waals surface area contributed by atoms with Gasteiger partial charge in [-0.1, -0.05) is 0 Å². The molecule has 0 N–H and O–H groups in total. The van der Waals surface area contributed by atoms with Crippen LogP contribution < -0.4 is 5.69 Å². The summed E-state index contributed by atoms with van der Waals surface area (Å²) in [5.41, 5.74) is -0.211. The minimum absolute atomic E-state index is 0.211. The minimum Gasteiger partial charge on any atom is -0.294 e. The predicted octanol–water partition coefficient (Wildman–Crippen LogP) is 2.12. The van der Waals surface area contributed by atoms with Crippen LogP contribution in [0, 0.1) is 0 Å². The molecule has 0 saturated heterocycles. The second kappa shape index (κ2) is 4.06. The second-order valence-corrected chi connectivity index (χ2v) is 4.67. The maximum Gasteiger partial charge on any atom is 0.347 e. The van der Waals surface area contributed by atoms with E-state index >= 15 is 0 Å². The van der Waals surface area contributed by atoms with Gasteiger partial charge in [-0.15, -0.1) is 11.3 Å². The van der Waals surface area contributed by atoms with Crippen LogP contribution in [0.4, 0.5) is 0 Å². The van der Waals surface area contributed by atoms with Crippen LogP contribution in [0.2, 0.25) is 0 Å². The zero-order valence-corrected chi connectivity index (χ0v) is 9.59. The zero-order valence-electron chi connectivity index (χ0n) is 7.18. The van der Waals surface area contributed by atoms with Crippen LogP contribution in [-0.4, -0.2) is 9.55 Å². The molecule has 0 spiro atoms. The highest BCUT2D eigenvalue weighted by molar-refractivity contribution is 9.10. The lowest BCUT2D eigenvalue weighted by molar-refractivity contribution is 0.735. The first kappa shape index (κ1) is 9.61. The summed E-state index contributed by atoms with van der Waals surface area (Å²) in [6, 6.07) is 3.76. The first-order valence-electron chi connectivity index (χ1n) is 4.00. The minimum atomic E-state index is -0.211. The van der Waals surface area contributed by atoms with Crippen molar-refractivity contribution in [3.05, 3.63) is 49.7 Å². The second-order valence-electron chi connectivity index (χ2n) is 2.76. The average Bonchev–Trinajstić information content (AvgIpc) is 2.56. The van der Waals surface area contributed by atoms with Gasteiger partial charge in [0.1, 0.15) is 0 Å². The number of hydrogen-bond donors (Lipinski definition) is 0. The predicted molar refractivity (Wildman–Crippen MR) is 59.6 cm³/mol. The van der Waals surface area contributed by atoms with Gasteiger partial charge in [0.15, 0.2) is 0 Å². The Kier molecular flexibility index (Phi) is 2.79. The molecule has 2 heterocycles. The van der Waals surface area contributed by atoms with E-state index in [0.29, 0.717) is 6.54 Å². The van der Waals surface area contributed by atoms with E-state index in [-0.39, 0.29) is 5.69 Å². The molecule has 14 heavy (non-hydrogen) atoms. The maximum absolute atomic E-state index is 11.3. The van der Waals surface area contributed by atoms with Gasteiger partial charge in [0.2, 0.25) is 0 Å². The summed E-state index contributed by atoms with van der Waals surface area (Å²) in [6.07, 6.45) is 3.24. The number of aromatic nitrogens is 2. The third-order valence-corrected chi connectivity index (χ3v) is 3.41. The zero-order chi connectivity index (χ0) is 9.97. The SMILES string of the molecule is O=c1ncccn1Cc1cc(Br)cs1. The van der Waals surface area contributed by atoms with Crippen LogP contribution in [0.5, 0.6) is 0 Å². The third kappa shape index (κ3) is 2.10. The van der Waals surface area contributed by atoms with E-state index in [9.17, 15) is 4.79 Å². The normalized spacial score (nSPS) is 10.4. The summed E-state index contributed by atoms with van der Waals surface area (Å²) < 4.78 is 2.63. The van der Waals surface area contributed by atoms with Gasteiger partial charge in [-0.25, -0.2) is 9.78 Å². The van der Waals surface area contributed by atoms with Crippen molar-refractivity contribution < 1.29 is 0 Å². The van der Waals surface area contributed by atoms with Crippen molar-refractivity contribution in [2.24, 2.45) is 0 Å². The van der Waals surface area contributed by atoms with E-state index in [0.717, 1.165) is 9.35 Å². The molecular formula is C9H7BrN2OS. The van der Waals surface area contributed by atoms with Crippen molar-refractivity contribution in [3.63, 3.8) is 0 Å². The van der Waals surface area contributed by atoms with Gasteiger partial charge in [-0.2, -0.15) is 0 Å². The molecule has 2 aromatic rings. The van der Waals surface area contributed by atoms with Crippen molar-refractivity contribution in [3.8, 4) is 0 Å². The lowest BCUT2D eigenvalue weighted by Gasteiger charge is -2.00. The van der Waals surface area contributed by atoms with Crippen LogP contribution in [0.3, 0.4) is 0 Å². The molecule has 5 heteroatoms. The Bertz CT molecular complexity index is 491. The Labute approximate surface area is 93.2 Å². The fourth-order valence-electron chi connectivity index (χ4n) is 1.11. The number of halogens is 1. The van der Waals surface area contributed by atoms with E-state index in [1.807, 2.05) is 11.4 Å². The van der Waals surface area contributed by atoms with Gasteiger partial charge in [0, 0.05) is 27.1 Å². The van der Waals surface area contributed by atoms with E-state index in [1.165, 1.54) is 6.20 Å². The Balaban J connectivity index is 2.27. The van der Waals surface area contributed by atoms with Gasteiger partial charge < -0.3 is 0 Å². The van der Waals surface area contributed by atoms with E-state index in [1.54, 1.807) is 28.2 Å². The van der Waals surface area contributed by atoms with Gasteiger partial charge in [-0.05, 0) is 28.1 Å². The van der Waals surface area contributed by atoms with Crippen LogP contribution in [0.25, 0.3) is 0 Å². The topological polar surface area (TPSA) is 34.9 Å². The standard InChI is InChI=1S/C9H7BrN2OS/c10-7-4-8(14-6-7)5-12-3-1-2-11-9(12)13/h1-4,6H,5H2. The number of hydrogen-bond acceptors (Lipinski definition) is 3. The molecule has 0 saturated carbocycles. The van der Waals surface area contributed by atoms with Gasteiger partial charge >= 0.3 is 5.69 Å². The Hall–Kier alpha value is -0.940. The fourth-order valence-corrected chi connectivity index (χ4v) is 2.56. The molecule has 3 nitrogen and oxygen atoms in total. The molecule has 0 unspecified atom stereocenters. The Morgan fingerprint density at radius 3 is 3.07 bits per heavy atom. The van der Waals surface area contributed by atoms with E-state index in [4.69, 9.17) is 0 Å². The summed E-state index contributed by atoms with van der Waals surface area (Å²) in [7, 11) is 0. The molecule has 0 fully saturated rings. The Morgan fingerprint density at radius 2 is 2.43 bits per heavy atom. The molecule has 0 aliphatic carbocycles. The van der Waals surface area contributed by atoms with Crippen molar-refractivity contribution in [1.82, 2.24) is 9.55 Å². The largest absolute Gasteiger partial charge is 0.347 e. The van der Waals surface area contributed by atoms with Crippen LogP contribution in [0.15, 0.2) is 39.2 Å². The number of rotatable bonds is 2. The molecule has 72 valence electrons. The number of nitrogens with zero attached hydrogens (tertiary/aromatic N) is 2.